The van der Waals surface area contributed by atoms with Crippen LogP contribution in [0, 0.1) is 25.7 Å². The lowest BCUT2D eigenvalue weighted by molar-refractivity contribution is -0.126. The Balaban J connectivity index is 1.32. The summed E-state index contributed by atoms with van der Waals surface area (Å²) in [5.74, 6) is 0.368. The summed E-state index contributed by atoms with van der Waals surface area (Å²) in [6, 6.07) is 18.2. The van der Waals surface area contributed by atoms with Gasteiger partial charge in [-0.25, -0.2) is 4.98 Å². The Morgan fingerprint density at radius 2 is 1.73 bits per heavy atom. The molecule has 1 aliphatic heterocycles. The Kier molecular flexibility index (Phi) is 7.23. The predicted molar refractivity (Wildman–Crippen MR) is 133 cm³/mol. The van der Waals surface area contributed by atoms with E-state index in [9.17, 15) is 9.59 Å². The molecule has 2 aromatic carbocycles. The Bertz CT molecular complexity index is 1100. The van der Waals surface area contributed by atoms with Gasteiger partial charge in [-0.3, -0.25) is 9.59 Å². The van der Waals surface area contributed by atoms with Crippen LogP contribution in [-0.4, -0.2) is 34.8 Å². The molecule has 3 aromatic rings. The largest absolute Gasteiger partial charge is 0.352 e. The molecule has 5 nitrogen and oxygen atoms in total. The van der Waals surface area contributed by atoms with Gasteiger partial charge in [0, 0.05) is 31.1 Å². The smallest absolute Gasteiger partial charge is 0.265 e. The van der Waals surface area contributed by atoms with Gasteiger partial charge in [-0.1, -0.05) is 67.1 Å². The Morgan fingerprint density at radius 1 is 1.06 bits per heavy atom. The Labute approximate surface area is 199 Å². The molecule has 1 aliphatic rings. The molecule has 1 saturated heterocycles. The van der Waals surface area contributed by atoms with E-state index in [-0.39, 0.29) is 23.7 Å². The fraction of sp³-hybridized carbons (Fsp3) is 0.370. The number of hydrogen-bond donors (Lipinski definition) is 1. The van der Waals surface area contributed by atoms with Crippen LogP contribution in [0.15, 0.2) is 54.6 Å². The summed E-state index contributed by atoms with van der Waals surface area (Å²) in [6.07, 6.45) is 1.68. The summed E-state index contributed by atoms with van der Waals surface area (Å²) < 4.78 is 0. The number of amides is 2. The normalized spacial score (nSPS) is 15.3. The number of carbonyl (C=O) groups is 2. The van der Waals surface area contributed by atoms with Crippen LogP contribution < -0.4 is 5.32 Å². The van der Waals surface area contributed by atoms with Crippen molar-refractivity contribution in [2.45, 2.75) is 40.2 Å². The van der Waals surface area contributed by atoms with E-state index < -0.39 is 0 Å². The number of aryl methyl sites for hydroxylation is 2. The van der Waals surface area contributed by atoms with E-state index in [1.165, 1.54) is 16.9 Å². The van der Waals surface area contributed by atoms with Crippen molar-refractivity contribution in [3.05, 3.63) is 76.3 Å². The molecule has 1 aromatic heterocycles. The minimum Gasteiger partial charge on any atom is -0.352 e. The fourth-order valence-electron chi connectivity index (χ4n) is 4.32. The lowest BCUT2D eigenvalue weighted by Crippen LogP contribution is -2.42. The summed E-state index contributed by atoms with van der Waals surface area (Å²) in [7, 11) is 0. The molecule has 4 rings (SSSR count). The van der Waals surface area contributed by atoms with Gasteiger partial charge in [0.15, 0.2) is 0 Å². The van der Waals surface area contributed by atoms with Gasteiger partial charge in [0.1, 0.15) is 9.88 Å². The van der Waals surface area contributed by atoms with Crippen LogP contribution in [0.4, 0.5) is 0 Å². The van der Waals surface area contributed by atoms with Crippen molar-refractivity contribution in [2.24, 2.45) is 11.8 Å². The number of likely N-dealkylation sites (tertiary alicyclic amines) is 1. The molecule has 6 heteroatoms. The van der Waals surface area contributed by atoms with Gasteiger partial charge in [-0.05, 0) is 38.2 Å². The molecule has 0 saturated carbocycles. The highest BCUT2D eigenvalue weighted by Crippen LogP contribution is 2.31. The van der Waals surface area contributed by atoms with Gasteiger partial charge in [0.2, 0.25) is 5.91 Å². The van der Waals surface area contributed by atoms with Crippen LogP contribution in [0.5, 0.6) is 0 Å². The summed E-state index contributed by atoms with van der Waals surface area (Å²) in [4.78, 5) is 33.2. The third-order valence-corrected chi connectivity index (χ3v) is 7.74. The number of aromatic nitrogens is 1. The van der Waals surface area contributed by atoms with Crippen molar-refractivity contribution >= 4 is 23.2 Å². The van der Waals surface area contributed by atoms with Crippen LogP contribution in [-0.2, 0) is 11.3 Å². The quantitative estimate of drug-likeness (QED) is 0.547. The first-order valence-electron chi connectivity index (χ1n) is 11.6. The maximum atomic E-state index is 13.2. The molecule has 1 atom stereocenters. The van der Waals surface area contributed by atoms with Gasteiger partial charge in [0.25, 0.3) is 5.91 Å². The molecule has 2 amide bonds. The van der Waals surface area contributed by atoms with Crippen molar-refractivity contribution in [1.82, 2.24) is 15.2 Å². The number of rotatable bonds is 6. The molecule has 0 aliphatic carbocycles. The average molecular weight is 462 g/mol. The fourth-order valence-corrected chi connectivity index (χ4v) is 5.36. The highest BCUT2D eigenvalue weighted by Gasteiger charge is 2.31. The molecule has 0 bridgehead atoms. The van der Waals surface area contributed by atoms with Crippen LogP contribution in [0.2, 0.25) is 0 Å². The van der Waals surface area contributed by atoms with Crippen molar-refractivity contribution in [1.29, 1.82) is 0 Å². The van der Waals surface area contributed by atoms with Crippen molar-refractivity contribution in [3.63, 3.8) is 0 Å². The number of carbonyl (C=O) groups excluding carboxylic acids is 2. The van der Waals surface area contributed by atoms with Gasteiger partial charge in [-0.2, -0.15) is 0 Å². The third kappa shape index (κ3) is 5.50. The first-order chi connectivity index (χ1) is 15.9. The second-order valence-corrected chi connectivity index (χ2v) is 9.92. The molecule has 0 spiro atoms. The van der Waals surface area contributed by atoms with Crippen LogP contribution in [0.3, 0.4) is 0 Å². The Hall–Kier alpha value is -2.99. The van der Waals surface area contributed by atoms with E-state index in [2.05, 4.69) is 41.5 Å². The van der Waals surface area contributed by atoms with E-state index >= 15 is 0 Å². The maximum absolute atomic E-state index is 13.2. The monoisotopic (exact) mass is 461 g/mol. The first kappa shape index (κ1) is 23.2. The standard InChI is InChI=1S/C27H31N3O2S/c1-18-9-11-23(12-10-18)26-29-20(3)24(33-26)27(32)30-15-13-22(14-16-30)19(2)25(31)28-17-21-7-5-4-6-8-21/h4-12,19,22H,13-17H2,1-3H3,(H,28,31)/t19-/m0/s1. The van der Waals surface area contributed by atoms with Gasteiger partial charge < -0.3 is 10.2 Å². The van der Waals surface area contributed by atoms with Crippen molar-refractivity contribution < 1.29 is 9.59 Å². The van der Waals surface area contributed by atoms with E-state index in [0.717, 1.165) is 39.5 Å². The summed E-state index contributed by atoms with van der Waals surface area (Å²) in [5.41, 5.74) is 4.13. The van der Waals surface area contributed by atoms with Crippen LogP contribution in [0.25, 0.3) is 10.6 Å². The molecule has 33 heavy (non-hydrogen) atoms. The molecule has 0 unspecified atom stereocenters. The molecule has 2 heterocycles. The third-order valence-electron chi connectivity index (χ3n) is 6.55. The molecule has 1 fully saturated rings. The minimum atomic E-state index is -0.0655. The van der Waals surface area contributed by atoms with E-state index in [4.69, 9.17) is 0 Å². The number of thiazole rings is 1. The van der Waals surface area contributed by atoms with Crippen molar-refractivity contribution in [3.8, 4) is 10.6 Å². The van der Waals surface area contributed by atoms with E-state index in [1.807, 2.05) is 49.1 Å². The molecule has 1 N–H and O–H groups in total. The summed E-state index contributed by atoms with van der Waals surface area (Å²) in [6.45, 7) is 7.88. The number of nitrogens with one attached hydrogen (secondary N) is 1. The minimum absolute atomic E-state index is 0.0583. The zero-order valence-electron chi connectivity index (χ0n) is 19.5. The second kappa shape index (κ2) is 10.3. The Morgan fingerprint density at radius 3 is 2.39 bits per heavy atom. The lowest BCUT2D eigenvalue weighted by atomic mass is 9.84. The van der Waals surface area contributed by atoms with Crippen LogP contribution in [0.1, 0.15) is 46.3 Å². The zero-order chi connectivity index (χ0) is 23.4. The first-order valence-corrected chi connectivity index (χ1v) is 12.4. The van der Waals surface area contributed by atoms with Crippen molar-refractivity contribution in [2.75, 3.05) is 13.1 Å². The number of hydrogen-bond acceptors (Lipinski definition) is 4. The zero-order valence-corrected chi connectivity index (χ0v) is 20.3. The number of nitrogens with zero attached hydrogens (tertiary/aromatic N) is 2. The molecule has 0 radical (unpaired) electrons. The summed E-state index contributed by atoms with van der Waals surface area (Å²) >= 11 is 1.47. The predicted octanol–water partition coefficient (Wildman–Crippen LogP) is 5.23. The van der Waals surface area contributed by atoms with Gasteiger partial charge in [-0.15, -0.1) is 11.3 Å². The average Bonchev–Trinajstić information content (AvgIpc) is 3.24. The van der Waals surface area contributed by atoms with E-state index in [0.29, 0.717) is 19.6 Å². The summed E-state index contributed by atoms with van der Waals surface area (Å²) in [5, 5.41) is 3.94. The van der Waals surface area contributed by atoms with E-state index in [1.54, 1.807) is 0 Å². The molecular weight excluding hydrogens is 430 g/mol. The highest BCUT2D eigenvalue weighted by atomic mass is 32.1. The van der Waals surface area contributed by atoms with Gasteiger partial charge in [0.05, 0.1) is 5.69 Å². The molecular formula is C27H31N3O2S. The molecule has 172 valence electrons. The number of benzene rings is 2. The SMILES string of the molecule is Cc1ccc(-c2nc(C)c(C(=O)N3CCC([C@H](C)C(=O)NCc4ccccc4)CC3)s2)cc1. The van der Waals surface area contributed by atoms with Crippen LogP contribution >= 0.6 is 11.3 Å². The number of piperidine rings is 1. The second-order valence-electron chi connectivity index (χ2n) is 8.92. The highest BCUT2D eigenvalue weighted by molar-refractivity contribution is 7.17. The topological polar surface area (TPSA) is 62.3 Å². The maximum Gasteiger partial charge on any atom is 0.265 e. The lowest BCUT2D eigenvalue weighted by Gasteiger charge is -2.34. The van der Waals surface area contributed by atoms with Gasteiger partial charge >= 0.3 is 0 Å².